The van der Waals surface area contributed by atoms with Gasteiger partial charge >= 0.3 is 12.0 Å². The van der Waals surface area contributed by atoms with E-state index in [1.165, 1.54) is 0 Å². The predicted octanol–water partition coefficient (Wildman–Crippen LogP) is 0.975. The first kappa shape index (κ1) is 15.8. The number of carboxylic acids is 1. The molecule has 1 heterocycles. The molecular weight excluding hydrogens is 246 g/mol. The average molecular weight is 271 g/mol. The first-order valence-electron chi connectivity index (χ1n) is 6.83. The van der Waals surface area contributed by atoms with Crippen LogP contribution >= 0.6 is 0 Å². The number of urea groups is 1. The second kappa shape index (κ2) is 7.33. The zero-order valence-electron chi connectivity index (χ0n) is 12.1. The first-order valence-corrected chi connectivity index (χ1v) is 6.83. The standard InChI is InChI=1S/C13H25N3O3/c1-10(6-7-12(17)18)14-13(19)16-8-4-5-11(16)9-15(2)3/h10-11H,4-9H2,1-3H3,(H,14,19)(H,17,18). The molecule has 1 aliphatic rings. The van der Waals surface area contributed by atoms with Crippen LogP contribution in [0.15, 0.2) is 0 Å². The highest BCUT2D eigenvalue weighted by atomic mass is 16.4. The molecule has 6 nitrogen and oxygen atoms in total. The van der Waals surface area contributed by atoms with Gasteiger partial charge in [0.2, 0.25) is 0 Å². The van der Waals surface area contributed by atoms with E-state index in [1.807, 2.05) is 25.9 Å². The van der Waals surface area contributed by atoms with E-state index in [1.54, 1.807) is 0 Å². The number of nitrogens with one attached hydrogen (secondary N) is 1. The van der Waals surface area contributed by atoms with Crippen molar-refractivity contribution in [2.75, 3.05) is 27.2 Å². The summed E-state index contributed by atoms with van der Waals surface area (Å²) in [6.45, 7) is 3.50. The van der Waals surface area contributed by atoms with Crippen molar-refractivity contribution < 1.29 is 14.7 Å². The Bertz CT molecular complexity index is 320. The van der Waals surface area contributed by atoms with Crippen molar-refractivity contribution in [2.24, 2.45) is 0 Å². The number of likely N-dealkylation sites (N-methyl/N-ethyl adjacent to an activating group) is 1. The molecule has 0 radical (unpaired) electrons. The minimum atomic E-state index is -0.826. The summed E-state index contributed by atoms with van der Waals surface area (Å²) in [4.78, 5) is 26.6. The molecule has 1 rings (SSSR count). The molecule has 2 N–H and O–H groups in total. The molecule has 0 saturated carbocycles. The molecule has 1 aliphatic heterocycles. The topological polar surface area (TPSA) is 72.9 Å². The summed E-state index contributed by atoms with van der Waals surface area (Å²) in [6, 6.07) is 0.0909. The Kier molecular flexibility index (Phi) is 6.08. The highest BCUT2D eigenvalue weighted by Gasteiger charge is 2.29. The number of carbonyl (C=O) groups excluding carboxylic acids is 1. The Balaban J connectivity index is 2.41. The summed E-state index contributed by atoms with van der Waals surface area (Å²) in [5, 5.41) is 11.5. The molecule has 2 atom stereocenters. The monoisotopic (exact) mass is 271 g/mol. The number of hydrogen-bond donors (Lipinski definition) is 2. The van der Waals surface area contributed by atoms with E-state index in [0.29, 0.717) is 6.42 Å². The summed E-state index contributed by atoms with van der Waals surface area (Å²) >= 11 is 0. The molecule has 0 spiro atoms. The van der Waals surface area contributed by atoms with Crippen LogP contribution in [0, 0.1) is 0 Å². The van der Waals surface area contributed by atoms with Gasteiger partial charge in [0.25, 0.3) is 0 Å². The highest BCUT2D eigenvalue weighted by molar-refractivity contribution is 5.75. The number of hydrogen-bond acceptors (Lipinski definition) is 3. The quantitative estimate of drug-likeness (QED) is 0.755. The number of carbonyl (C=O) groups is 2. The lowest BCUT2D eigenvalue weighted by Gasteiger charge is -2.28. The van der Waals surface area contributed by atoms with E-state index in [0.717, 1.165) is 25.9 Å². The summed E-state index contributed by atoms with van der Waals surface area (Å²) in [5.41, 5.74) is 0. The van der Waals surface area contributed by atoms with E-state index >= 15 is 0 Å². The molecule has 2 unspecified atom stereocenters. The average Bonchev–Trinajstić information content (AvgIpc) is 2.73. The number of rotatable bonds is 6. The third-order valence-electron chi connectivity index (χ3n) is 3.37. The van der Waals surface area contributed by atoms with E-state index in [4.69, 9.17) is 5.11 Å². The van der Waals surface area contributed by atoms with Gasteiger partial charge in [-0.15, -0.1) is 0 Å². The van der Waals surface area contributed by atoms with Crippen molar-refractivity contribution in [3.05, 3.63) is 0 Å². The predicted molar refractivity (Wildman–Crippen MR) is 73.1 cm³/mol. The molecular formula is C13H25N3O3. The van der Waals surface area contributed by atoms with Gasteiger partial charge in [0.15, 0.2) is 0 Å². The Morgan fingerprint density at radius 2 is 2.16 bits per heavy atom. The number of aliphatic carboxylic acids is 1. The first-order chi connectivity index (χ1) is 8.90. The third-order valence-corrected chi connectivity index (χ3v) is 3.37. The summed E-state index contributed by atoms with van der Waals surface area (Å²) < 4.78 is 0. The highest BCUT2D eigenvalue weighted by Crippen LogP contribution is 2.18. The van der Waals surface area contributed by atoms with Crippen molar-refractivity contribution in [2.45, 2.75) is 44.7 Å². The van der Waals surface area contributed by atoms with Crippen molar-refractivity contribution in [3.8, 4) is 0 Å². The van der Waals surface area contributed by atoms with Gasteiger partial charge in [-0.2, -0.15) is 0 Å². The molecule has 0 bridgehead atoms. The zero-order chi connectivity index (χ0) is 14.4. The number of nitrogens with zero attached hydrogens (tertiary/aromatic N) is 2. The van der Waals surface area contributed by atoms with Crippen LogP contribution in [0.4, 0.5) is 4.79 Å². The number of likely N-dealkylation sites (tertiary alicyclic amines) is 1. The van der Waals surface area contributed by atoms with Crippen molar-refractivity contribution in [1.82, 2.24) is 15.1 Å². The molecule has 0 aromatic heterocycles. The Labute approximate surface area is 114 Å². The minimum Gasteiger partial charge on any atom is -0.481 e. The van der Waals surface area contributed by atoms with Gasteiger partial charge in [0.05, 0.1) is 0 Å². The molecule has 2 amide bonds. The lowest BCUT2D eigenvalue weighted by molar-refractivity contribution is -0.137. The van der Waals surface area contributed by atoms with Gasteiger partial charge in [0.1, 0.15) is 0 Å². The third kappa shape index (κ3) is 5.46. The second-order valence-corrected chi connectivity index (χ2v) is 5.53. The van der Waals surface area contributed by atoms with Crippen LogP contribution in [0.25, 0.3) is 0 Å². The zero-order valence-corrected chi connectivity index (χ0v) is 12.1. The van der Waals surface area contributed by atoms with Crippen LogP contribution in [-0.2, 0) is 4.79 Å². The smallest absolute Gasteiger partial charge is 0.317 e. The molecule has 0 aromatic rings. The van der Waals surface area contributed by atoms with E-state index < -0.39 is 5.97 Å². The normalized spacial score (nSPS) is 20.6. The lowest BCUT2D eigenvalue weighted by atomic mass is 10.2. The maximum absolute atomic E-state index is 12.1. The maximum atomic E-state index is 12.1. The minimum absolute atomic E-state index is 0.0674. The second-order valence-electron chi connectivity index (χ2n) is 5.53. The van der Waals surface area contributed by atoms with Crippen LogP contribution in [-0.4, -0.2) is 66.2 Å². The fraction of sp³-hybridized carbons (Fsp3) is 0.846. The van der Waals surface area contributed by atoms with E-state index in [2.05, 4.69) is 10.2 Å². The van der Waals surface area contributed by atoms with Crippen LogP contribution in [0.1, 0.15) is 32.6 Å². The Hall–Kier alpha value is -1.30. The number of carboxylic acid groups (broad SMARTS) is 1. The van der Waals surface area contributed by atoms with Crippen LogP contribution in [0.2, 0.25) is 0 Å². The van der Waals surface area contributed by atoms with Crippen molar-refractivity contribution in [1.29, 1.82) is 0 Å². The molecule has 110 valence electrons. The van der Waals surface area contributed by atoms with Gasteiger partial charge in [-0.05, 0) is 40.3 Å². The van der Waals surface area contributed by atoms with Gasteiger partial charge in [-0.25, -0.2) is 4.79 Å². The van der Waals surface area contributed by atoms with E-state index in [-0.39, 0.29) is 24.5 Å². The fourth-order valence-corrected chi connectivity index (χ4v) is 2.42. The number of amides is 2. The van der Waals surface area contributed by atoms with E-state index in [9.17, 15) is 9.59 Å². The summed E-state index contributed by atoms with van der Waals surface area (Å²) in [5.74, 6) is -0.826. The molecule has 0 aromatic carbocycles. The van der Waals surface area contributed by atoms with Gasteiger partial charge in [0, 0.05) is 31.6 Å². The van der Waals surface area contributed by atoms with Crippen LogP contribution in [0.3, 0.4) is 0 Å². The van der Waals surface area contributed by atoms with Crippen molar-refractivity contribution in [3.63, 3.8) is 0 Å². The van der Waals surface area contributed by atoms with Crippen LogP contribution < -0.4 is 5.32 Å². The molecule has 0 aliphatic carbocycles. The Morgan fingerprint density at radius 3 is 2.74 bits per heavy atom. The lowest BCUT2D eigenvalue weighted by Crippen LogP contribution is -2.48. The molecule has 19 heavy (non-hydrogen) atoms. The Morgan fingerprint density at radius 1 is 1.47 bits per heavy atom. The SMILES string of the molecule is CC(CCC(=O)O)NC(=O)N1CCCC1CN(C)C. The molecule has 1 saturated heterocycles. The summed E-state index contributed by atoms with van der Waals surface area (Å²) in [6.07, 6.45) is 2.63. The van der Waals surface area contributed by atoms with Crippen LogP contribution in [0.5, 0.6) is 0 Å². The van der Waals surface area contributed by atoms with Gasteiger partial charge < -0.3 is 20.2 Å². The fourth-order valence-electron chi connectivity index (χ4n) is 2.42. The van der Waals surface area contributed by atoms with Crippen molar-refractivity contribution >= 4 is 12.0 Å². The largest absolute Gasteiger partial charge is 0.481 e. The van der Waals surface area contributed by atoms with Gasteiger partial charge in [-0.3, -0.25) is 4.79 Å². The maximum Gasteiger partial charge on any atom is 0.317 e. The molecule has 1 fully saturated rings. The van der Waals surface area contributed by atoms with Gasteiger partial charge in [-0.1, -0.05) is 0 Å². The molecule has 6 heteroatoms. The summed E-state index contributed by atoms with van der Waals surface area (Å²) in [7, 11) is 4.01.